The third-order valence-corrected chi connectivity index (χ3v) is 2.14. The number of nitrogens with two attached hydrogens (primary N) is 1. The molecule has 3 heteroatoms. The van der Waals surface area contributed by atoms with Gasteiger partial charge in [0.25, 0.3) is 5.91 Å². The second-order valence-corrected chi connectivity index (χ2v) is 3.41. The van der Waals surface area contributed by atoms with Crippen molar-refractivity contribution in [1.82, 2.24) is 5.32 Å². The van der Waals surface area contributed by atoms with Crippen LogP contribution in [0.15, 0.2) is 24.3 Å². The van der Waals surface area contributed by atoms with Gasteiger partial charge in [-0.25, -0.2) is 0 Å². The third kappa shape index (κ3) is 2.76. The van der Waals surface area contributed by atoms with Gasteiger partial charge in [-0.05, 0) is 31.5 Å². The van der Waals surface area contributed by atoms with Crippen molar-refractivity contribution in [1.29, 1.82) is 0 Å². The lowest BCUT2D eigenvalue weighted by molar-refractivity contribution is 0.0939. The van der Waals surface area contributed by atoms with E-state index in [2.05, 4.69) is 5.32 Å². The summed E-state index contributed by atoms with van der Waals surface area (Å²) in [5, 5.41) is 2.88. The molecule has 0 unspecified atom stereocenters. The van der Waals surface area contributed by atoms with Gasteiger partial charge in [-0.3, -0.25) is 4.79 Å². The van der Waals surface area contributed by atoms with Crippen molar-refractivity contribution in [2.24, 2.45) is 0 Å². The van der Waals surface area contributed by atoms with E-state index in [0.29, 0.717) is 11.3 Å². The van der Waals surface area contributed by atoms with Gasteiger partial charge in [-0.15, -0.1) is 0 Å². The first-order valence-corrected chi connectivity index (χ1v) is 4.80. The number of nitrogens with one attached hydrogen (secondary N) is 1. The molecule has 0 spiro atoms. The molecule has 0 saturated heterocycles. The van der Waals surface area contributed by atoms with Crippen LogP contribution in [0.5, 0.6) is 0 Å². The second-order valence-electron chi connectivity index (χ2n) is 3.41. The average Bonchev–Trinajstić information content (AvgIpc) is 2.17. The smallest absolute Gasteiger partial charge is 0.251 e. The van der Waals surface area contributed by atoms with Crippen molar-refractivity contribution in [3.63, 3.8) is 0 Å². The predicted octanol–water partition coefficient (Wildman–Crippen LogP) is 1.80. The summed E-state index contributed by atoms with van der Waals surface area (Å²) >= 11 is 0. The van der Waals surface area contributed by atoms with Crippen LogP contribution in [0.25, 0.3) is 0 Å². The molecule has 0 aromatic heterocycles. The summed E-state index contributed by atoms with van der Waals surface area (Å²) in [4.78, 5) is 11.6. The summed E-state index contributed by atoms with van der Waals surface area (Å²) in [6.07, 6.45) is 0.925. The molecular formula is C11H16N2O. The number of amides is 1. The zero-order valence-corrected chi connectivity index (χ0v) is 8.58. The van der Waals surface area contributed by atoms with Gasteiger partial charge in [-0.2, -0.15) is 0 Å². The normalized spacial score (nSPS) is 12.1. The Bertz CT molecular complexity index is 323. The molecule has 14 heavy (non-hydrogen) atoms. The number of nitrogen functional groups attached to an aromatic ring is 1. The predicted molar refractivity (Wildman–Crippen MR) is 58.1 cm³/mol. The van der Waals surface area contributed by atoms with Crippen LogP contribution >= 0.6 is 0 Å². The van der Waals surface area contributed by atoms with Gasteiger partial charge in [0.1, 0.15) is 0 Å². The molecule has 0 heterocycles. The lowest BCUT2D eigenvalue weighted by atomic mass is 10.1. The lowest BCUT2D eigenvalue weighted by Crippen LogP contribution is -2.31. The van der Waals surface area contributed by atoms with E-state index in [-0.39, 0.29) is 11.9 Å². The molecule has 0 bridgehead atoms. The molecule has 1 aromatic carbocycles. The molecule has 3 N–H and O–H groups in total. The Morgan fingerprint density at radius 3 is 2.86 bits per heavy atom. The number of benzene rings is 1. The molecule has 0 aliphatic carbocycles. The Balaban J connectivity index is 2.70. The van der Waals surface area contributed by atoms with Crippen LogP contribution in [0.4, 0.5) is 5.69 Å². The first kappa shape index (κ1) is 10.6. The number of hydrogen-bond donors (Lipinski definition) is 2. The molecule has 0 saturated carbocycles. The van der Waals surface area contributed by atoms with Gasteiger partial charge in [0.2, 0.25) is 0 Å². The Labute approximate surface area is 84.3 Å². The Kier molecular flexibility index (Phi) is 3.51. The maximum absolute atomic E-state index is 11.6. The van der Waals surface area contributed by atoms with Gasteiger partial charge >= 0.3 is 0 Å². The molecular weight excluding hydrogens is 176 g/mol. The van der Waals surface area contributed by atoms with Crippen LogP contribution in [0.3, 0.4) is 0 Å². The van der Waals surface area contributed by atoms with E-state index >= 15 is 0 Å². The van der Waals surface area contributed by atoms with E-state index in [1.54, 1.807) is 24.3 Å². The first-order valence-electron chi connectivity index (χ1n) is 4.80. The maximum Gasteiger partial charge on any atom is 0.251 e. The molecule has 0 fully saturated rings. The monoisotopic (exact) mass is 192 g/mol. The molecule has 1 aromatic rings. The van der Waals surface area contributed by atoms with E-state index in [4.69, 9.17) is 5.73 Å². The van der Waals surface area contributed by atoms with E-state index in [1.165, 1.54) is 0 Å². The van der Waals surface area contributed by atoms with Crippen molar-refractivity contribution >= 4 is 11.6 Å². The van der Waals surface area contributed by atoms with Crippen molar-refractivity contribution < 1.29 is 4.79 Å². The summed E-state index contributed by atoms with van der Waals surface area (Å²) in [6, 6.07) is 7.18. The fourth-order valence-electron chi connectivity index (χ4n) is 1.09. The molecule has 0 aliphatic rings. The van der Waals surface area contributed by atoms with E-state index < -0.39 is 0 Å². The SMILES string of the molecule is CC[C@@H](C)NC(=O)c1cccc(N)c1. The lowest BCUT2D eigenvalue weighted by Gasteiger charge is -2.11. The number of hydrogen-bond acceptors (Lipinski definition) is 2. The van der Waals surface area contributed by atoms with Crippen molar-refractivity contribution in [3.05, 3.63) is 29.8 Å². The highest BCUT2D eigenvalue weighted by molar-refractivity contribution is 5.95. The maximum atomic E-state index is 11.6. The van der Waals surface area contributed by atoms with Gasteiger partial charge in [0.05, 0.1) is 0 Å². The van der Waals surface area contributed by atoms with Crippen LogP contribution in [0.1, 0.15) is 30.6 Å². The summed E-state index contributed by atoms with van der Waals surface area (Å²) in [5.41, 5.74) is 6.81. The molecule has 76 valence electrons. The van der Waals surface area contributed by atoms with E-state index in [1.807, 2.05) is 13.8 Å². The minimum Gasteiger partial charge on any atom is -0.399 e. The Hall–Kier alpha value is -1.51. The second kappa shape index (κ2) is 4.65. The highest BCUT2D eigenvalue weighted by Gasteiger charge is 2.07. The standard InChI is InChI=1S/C11H16N2O/c1-3-8(2)13-11(14)9-5-4-6-10(12)7-9/h4-8H,3,12H2,1-2H3,(H,13,14)/t8-/m1/s1. The zero-order valence-electron chi connectivity index (χ0n) is 8.58. The fourth-order valence-corrected chi connectivity index (χ4v) is 1.09. The van der Waals surface area contributed by atoms with Crippen LogP contribution < -0.4 is 11.1 Å². The molecule has 1 rings (SSSR count). The molecule has 3 nitrogen and oxygen atoms in total. The molecule has 1 amide bonds. The van der Waals surface area contributed by atoms with Gasteiger partial charge in [-0.1, -0.05) is 13.0 Å². The highest BCUT2D eigenvalue weighted by Crippen LogP contribution is 2.06. The van der Waals surface area contributed by atoms with Crippen molar-refractivity contribution in [3.8, 4) is 0 Å². The average molecular weight is 192 g/mol. The summed E-state index contributed by atoms with van der Waals surface area (Å²) in [5.74, 6) is -0.0633. The minimum absolute atomic E-state index is 0.0633. The van der Waals surface area contributed by atoms with Gasteiger partial charge in [0.15, 0.2) is 0 Å². The van der Waals surface area contributed by atoms with Crippen molar-refractivity contribution in [2.45, 2.75) is 26.3 Å². The van der Waals surface area contributed by atoms with Crippen LogP contribution in [-0.4, -0.2) is 11.9 Å². The fraction of sp³-hybridized carbons (Fsp3) is 0.364. The van der Waals surface area contributed by atoms with Crippen molar-refractivity contribution in [2.75, 3.05) is 5.73 Å². The Morgan fingerprint density at radius 2 is 2.29 bits per heavy atom. The summed E-state index contributed by atoms with van der Waals surface area (Å²) in [7, 11) is 0. The highest BCUT2D eigenvalue weighted by atomic mass is 16.1. The van der Waals surface area contributed by atoms with Crippen LogP contribution in [0, 0.1) is 0 Å². The molecule has 0 aliphatic heterocycles. The molecule has 0 radical (unpaired) electrons. The minimum atomic E-state index is -0.0633. The topological polar surface area (TPSA) is 55.1 Å². The van der Waals surface area contributed by atoms with Crippen LogP contribution in [0.2, 0.25) is 0 Å². The van der Waals surface area contributed by atoms with E-state index in [9.17, 15) is 4.79 Å². The van der Waals surface area contributed by atoms with E-state index in [0.717, 1.165) is 6.42 Å². The van der Waals surface area contributed by atoms with Gasteiger partial charge in [0, 0.05) is 17.3 Å². The summed E-state index contributed by atoms with van der Waals surface area (Å²) in [6.45, 7) is 4.01. The largest absolute Gasteiger partial charge is 0.399 e. The summed E-state index contributed by atoms with van der Waals surface area (Å²) < 4.78 is 0. The van der Waals surface area contributed by atoms with Crippen LogP contribution in [-0.2, 0) is 0 Å². The number of rotatable bonds is 3. The quantitative estimate of drug-likeness (QED) is 0.717. The first-order chi connectivity index (χ1) is 6.63. The number of anilines is 1. The zero-order chi connectivity index (χ0) is 10.6. The Morgan fingerprint density at radius 1 is 1.57 bits per heavy atom. The number of carbonyl (C=O) groups is 1. The van der Waals surface area contributed by atoms with Gasteiger partial charge < -0.3 is 11.1 Å². The number of carbonyl (C=O) groups excluding carboxylic acids is 1. The molecule has 1 atom stereocenters. The third-order valence-electron chi connectivity index (χ3n) is 2.14.